The van der Waals surface area contributed by atoms with Gasteiger partial charge in [0.25, 0.3) is 0 Å². The third kappa shape index (κ3) is 3.16. The van der Waals surface area contributed by atoms with Gasteiger partial charge in [-0.3, -0.25) is 4.79 Å². The van der Waals surface area contributed by atoms with E-state index in [9.17, 15) is 13.2 Å². The first kappa shape index (κ1) is 16.9. The van der Waals surface area contributed by atoms with Gasteiger partial charge in [-0.25, -0.2) is 8.42 Å². The molecule has 2 N–H and O–H groups in total. The fourth-order valence-electron chi connectivity index (χ4n) is 2.61. The van der Waals surface area contributed by atoms with Crippen molar-refractivity contribution in [1.29, 1.82) is 0 Å². The Hall–Kier alpha value is -1.45. The number of rotatable bonds is 3. The molecule has 1 aromatic rings. The lowest BCUT2D eigenvalue weighted by atomic mass is 10.3. The summed E-state index contributed by atoms with van der Waals surface area (Å²) in [5.74, 6) is 0.127. The lowest BCUT2D eigenvalue weighted by Crippen LogP contribution is -2.44. The van der Waals surface area contributed by atoms with Crippen LogP contribution in [-0.2, 0) is 14.8 Å². The summed E-state index contributed by atoms with van der Waals surface area (Å²) in [6.45, 7) is 6.26. The number of hydrogen-bond acceptors (Lipinski definition) is 6. The maximum Gasteiger partial charge on any atom is 0.248 e. The second-order valence-corrected chi connectivity index (χ2v) is 7.40. The van der Waals surface area contributed by atoms with Crippen LogP contribution in [0.2, 0.25) is 0 Å². The van der Waals surface area contributed by atoms with Gasteiger partial charge in [-0.1, -0.05) is 5.16 Å². The van der Waals surface area contributed by atoms with E-state index in [1.54, 1.807) is 25.7 Å². The van der Waals surface area contributed by atoms with Crippen LogP contribution in [0, 0.1) is 13.8 Å². The highest BCUT2D eigenvalue weighted by molar-refractivity contribution is 7.89. The number of nitrogens with two attached hydrogens (primary N) is 1. The minimum Gasteiger partial charge on any atom is -0.360 e. The van der Waals surface area contributed by atoms with E-state index in [-0.39, 0.29) is 23.1 Å². The molecule has 0 aliphatic carbocycles. The van der Waals surface area contributed by atoms with Crippen LogP contribution in [0.5, 0.6) is 0 Å². The van der Waals surface area contributed by atoms with Crippen molar-refractivity contribution in [2.24, 2.45) is 5.73 Å². The summed E-state index contributed by atoms with van der Waals surface area (Å²) >= 11 is 0. The van der Waals surface area contributed by atoms with E-state index in [0.29, 0.717) is 31.7 Å². The zero-order chi connectivity index (χ0) is 16.5. The zero-order valence-electron chi connectivity index (χ0n) is 13.1. The minimum absolute atomic E-state index is 0.125. The fourth-order valence-corrected chi connectivity index (χ4v) is 4.38. The quantitative estimate of drug-likeness (QED) is 0.826. The fraction of sp³-hybridized carbons (Fsp3) is 0.692. The molecule has 2 rings (SSSR count). The Labute approximate surface area is 130 Å². The molecule has 1 saturated heterocycles. The summed E-state index contributed by atoms with van der Waals surface area (Å²) in [4.78, 5) is 13.7. The van der Waals surface area contributed by atoms with Crippen molar-refractivity contribution in [3.63, 3.8) is 0 Å². The topological polar surface area (TPSA) is 110 Å². The SMILES string of the molecule is Cc1noc(C)c1S(=O)(=O)N1CCCN(C(=O)[C@@H](C)N)CC1. The maximum absolute atomic E-state index is 12.8. The van der Waals surface area contributed by atoms with Crippen LogP contribution in [-0.4, -0.2) is 60.9 Å². The van der Waals surface area contributed by atoms with E-state index in [1.165, 1.54) is 4.31 Å². The lowest BCUT2D eigenvalue weighted by Gasteiger charge is -2.23. The average Bonchev–Trinajstić information content (AvgIpc) is 2.67. The predicted octanol–water partition coefficient (Wildman–Crippen LogP) is -0.138. The second-order valence-electron chi connectivity index (χ2n) is 5.52. The molecule has 1 aliphatic heterocycles. The molecule has 0 radical (unpaired) electrons. The van der Waals surface area contributed by atoms with E-state index >= 15 is 0 Å². The average molecular weight is 330 g/mol. The van der Waals surface area contributed by atoms with E-state index in [2.05, 4.69) is 5.16 Å². The Bertz CT molecular complexity index is 633. The van der Waals surface area contributed by atoms with Gasteiger partial charge in [0, 0.05) is 26.2 Å². The van der Waals surface area contributed by atoms with Gasteiger partial charge in [0.1, 0.15) is 10.6 Å². The molecule has 22 heavy (non-hydrogen) atoms. The summed E-state index contributed by atoms with van der Waals surface area (Å²) in [5, 5.41) is 3.71. The Morgan fingerprint density at radius 2 is 1.95 bits per heavy atom. The minimum atomic E-state index is -3.66. The first-order valence-electron chi connectivity index (χ1n) is 7.22. The molecule has 2 heterocycles. The maximum atomic E-state index is 12.8. The van der Waals surface area contributed by atoms with Gasteiger partial charge in [0.05, 0.1) is 6.04 Å². The largest absolute Gasteiger partial charge is 0.360 e. The van der Waals surface area contributed by atoms with E-state index < -0.39 is 16.1 Å². The van der Waals surface area contributed by atoms with E-state index in [1.807, 2.05) is 0 Å². The first-order chi connectivity index (χ1) is 10.2. The van der Waals surface area contributed by atoms with Crippen LogP contribution in [0.15, 0.2) is 9.42 Å². The van der Waals surface area contributed by atoms with Crippen LogP contribution in [0.25, 0.3) is 0 Å². The highest BCUT2D eigenvalue weighted by Crippen LogP contribution is 2.24. The van der Waals surface area contributed by atoms with Gasteiger partial charge >= 0.3 is 0 Å². The van der Waals surface area contributed by atoms with E-state index in [0.717, 1.165) is 0 Å². The summed E-state index contributed by atoms with van der Waals surface area (Å²) in [6.07, 6.45) is 0.571. The highest BCUT2D eigenvalue weighted by Gasteiger charge is 2.33. The monoisotopic (exact) mass is 330 g/mol. The van der Waals surface area contributed by atoms with Gasteiger partial charge in [0.15, 0.2) is 5.76 Å². The van der Waals surface area contributed by atoms with Gasteiger partial charge in [-0.2, -0.15) is 4.31 Å². The molecule has 0 saturated carbocycles. The Morgan fingerprint density at radius 3 is 2.50 bits per heavy atom. The number of amides is 1. The molecular formula is C13H22N4O4S. The Morgan fingerprint density at radius 1 is 1.27 bits per heavy atom. The third-order valence-corrected chi connectivity index (χ3v) is 5.87. The van der Waals surface area contributed by atoms with Crippen molar-refractivity contribution in [3.05, 3.63) is 11.5 Å². The zero-order valence-corrected chi connectivity index (χ0v) is 13.9. The third-order valence-electron chi connectivity index (χ3n) is 3.72. The molecule has 0 spiro atoms. The summed E-state index contributed by atoms with van der Waals surface area (Å²) in [6, 6.07) is -0.578. The number of nitrogens with zero attached hydrogens (tertiary/aromatic N) is 3. The molecule has 1 aromatic heterocycles. The van der Waals surface area contributed by atoms with Crippen LogP contribution < -0.4 is 5.73 Å². The van der Waals surface area contributed by atoms with Gasteiger partial charge in [0.2, 0.25) is 15.9 Å². The summed E-state index contributed by atoms with van der Waals surface area (Å²) in [5.41, 5.74) is 5.96. The molecule has 1 amide bonds. The molecule has 1 fully saturated rings. The van der Waals surface area contributed by atoms with E-state index in [4.69, 9.17) is 10.3 Å². The van der Waals surface area contributed by atoms with Gasteiger partial charge in [-0.05, 0) is 27.2 Å². The Balaban J connectivity index is 2.19. The summed E-state index contributed by atoms with van der Waals surface area (Å²) in [7, 11) is -3.66. The Kier molecular flexibility index (Phi) is 4.88. The number of hydrogen-bond donors (Lipinski definition) is 1. The smallest absolute Gasteiger partial charge is 0.248 e. The number of carbonyl (C=O) groups excluding carboxylic acids is 1. The molecule has 1 atom stereocenters. The van der Waals surface area contributed by atoms with Crippen molar-refractivity contribution < 1.29 is 17.7 Å². The highest BCUT2D eigenvalue weighted by atomic mass is 32.2. The number of carbonyl (C=O) groups is 1. The molecule has 8 nitrogen and oxygen atoms in total. The van der Waals surface area contributed by atoms with Crippen LogP contribution in [0.4, 0.5) is 0 Å². The molecule has 0 bridgehead atoms. The predicted molar refractivity (Wildman–Crippen MR) is 79.6 cm³/mol. The number of aromatic nitrogens is 1. The standard InChI is InChI=1S/C13H22N4O4S/c1-9(14)13(18)16-5-4-6-17(8-7-16)22(19,20)12-10(2)15-21-11(12)3/h9H,4-8,14H2,1-3H3/t9-/m1/s1. The molecular weight excluding hydrogens is 308 g/mol. The normalized spacial score (nSPS) is 19.0. The lowest BCUT2D eigenvalue weighted by molar-refractivity contribution is -0.132. The van der Waals surface area contributed by atoms with Crippen LogP contribution in [0.1, 0.15) is 24.8 Å². The molecule has 9 heteroatoms. The van der Waals surface area contributed by atoms with Crippen molar-refractivity contribution in [3.8, 4) is 0 Å². The molecule has 124 valence electrons. The molecule has 1 aliphatic rings. The summed E-state index contributed by atoms with van der Waals surface area (Å²) < 4.78 is 31.8. The number of sulfonamides is 1. The molecule has 0 unspecified atom stereocenters. The second kappa shape index (κ2) is 6.35. The van der Waals surface area contributed by atoms with Crippen molar-refractivity contribution in [2.75, 3.05) is 26.2 Å². The van der Waals surface area contributed by atoms with Gasteiger partial charge < -0.3 is 15.2 Å². The van der Waals surface area contributed by atoms with Crippen LogP contribution in [0.3, 0.4) is 0 Å². The van der Waals surface area contributed by atoms with Crippen molar-refractivity contribution >= 4 is 15.9 Å². The van der Waals surface area contributed by atoms with Gasteiger partial charge in [-0.15, -0.1) is 0 Å². The first-order valence-corrected chi connectivity index (χ1v) is 8.66. The number of aryl methyl sites for hydroxylation is 2. The van der Waals surface area contributed by atoms with Crippen LogP contribution >= 0.6 is 0 Å². The molecule has 0 aromatic carbocycles. The van der Waals surface area contributed by atoms with Crippen molar-refractivity contribution in [1.82, 2.24) is 14.4 Å². The van der Waals surface area contributed by atoms with Crippen molar-refractivity contribution in [2.45, 2.75) is 38.1 Å².